The first-order valence-corrected chi connectivity index (χ1v) is 6.04. The maximum absolute atomic E-state index is 6.14. The summed E-state index contributed by atoms with van der Waals surface area (Å²) in [6.07, 6.45) is 1.82. The van der Waals surface area contributed by atoms with Crippen LogP contribution in [-0.2, 0) is 7.05 Å². The minimum atomic E-state index is 0.744. The SMILES string of the molecule is COc1cccc(-c2cc3c(cnn3C)cc2N)c1. The third kappa shape index (κ3) is 1.91. The summed E-state index contributed by atoms with van der Waals surface area (Å²) in [5.74, 6) is 0.821. The summed E-state index contributed by atoms with van der Waals surface area (Å²) in [5, 5.41) is 5.29. The van der Waals surface area contributed by atoms with Crippen LogP contribution in [0.2, 0.25) is 0 Å². The number of anilines is 1. The summed E-state index contributed by atoms with van der Waals surface area (Å²) in [4.78, 5) is 0. The van der Waals surface area contributed by atoms with E-state index in [0.717, 1.165) is 33.5 Å². The summed E-state index contributed by atoms with van der Waals surface area (Å²) >= 11 is 0. The first-order valence-electron chi connectivity index (χ1n) is 6.04. The summed E-state index contributed by atoms with van der Waals surface area (Å²) < 4.78 is 7.10. The van der Waals surface area contributed by atoms with Crippen molar-refractivity contribution in [3.05, 3.63) is 42.6 Å². The first-order chi connectivity index (χ1) is 9.19. The zero-order valence-corrected chi connectivity index (χ0v) is 10.9. The lowest BCUT2D eigenvalue weighted by Crippen LogP contribution is -1.93. The highest BCUT2D eigenvalue weighted by Gasteiger charge is 2.08. The number of hydrogen-bond donors (Lipinski definition) is 1. The molecule has 2 aromatic carbocycles. The summed E-state index contributed by atoms with van der Waals surface area (Å²) in [5.41, 5.74) is 9.98. The molecule has 4 nitrogen and oxygen atoms in total. The fraction of sp³-hybridized carbons (Fsp3) is 0.133. The number of aryl methyl sites for hydroxylation is 1. The number of methoxy groups -OCH3 is 1. The minimum absolute atomic E-state index is 0.744. The van der Waals surface area contributed by atoms with Gasteiger partial charge in [0.05, 0.1) is 18.8 Å². The van der Waals surface area contributed by atoms with E-state index >= 15 is 0 Å². The maximum Gasteiger partial charge on any atom is 0.119 e. The van der Waals surface area contributed by atoms with E-state index in [2.05, 4.69) is 11.2 Å². The predicted octanol–water partition coefficient (Wildman–Crippen LogP) is 2.83. The highest BCUT2D eigenvalue weighted by atomic mass is 16.5. The number of nitrogens with zero attached hydrogens (tertiary/aromatic N) is 2. The number of nitrogens with two attached hydrogens (primary N) is 1. The van der Waals surface area contributed by atoms with Gasteiger partial charge in [0.1, 0.15) is 5.75 Å². The van der Waals surface area contributed by atoms with Gasteiger partial charge < -0.3 is 10.5 Å². The molecule has 2 N–H and O–H groups in total. The smallest absolute Gasteiger partial charge is 0.119 e. The van der Waals surface area contributed by atoms with Crippen LogP contribution >= 0.6 is 0 Å². The van der Waals surface area contributed by atoms with E-state index in [9.17, 15) is 0 Å². The van der Waals surface area contributed by atoms with E-state index in [4.69, 9.17) is 10.5 Å². The fourth-order valence-corrected chi connectivity index (χ4v) is 2.26. The average Bonchev–Trinajstić information content (AvgIpc) is 2.79. The monoisotopic (exact) mass is 253 g/mol. The number of ether oxygens (including phenoxy) is 1. The Morgan fingerprint density at radius 2 is 2.05 bits per heavy atom. The molecule has 3 rings (SSSR count). The molecule has 4 heteroatoms. The molecule has 96 valence electrons. The fourth-order valence-electron chi connectivity index (χ4n) is 2.26. The maximum atomic E-state index is 6.14. The number of fused-ring (bicyclic) bond motifs is 1. The molecular formula is C15H15N3O. The Balaban J connectivity index is 2.22. The van der Waals surface area contributed by atoms with Gasteiger partial charge in [0.2, 0.25) is 0 Å². The van der Waals surface area contributed by atoms with Crippen LogP contribution in [0, 0.1) is 0 Å². The van der Waals surface area contributed by atoms with Gasteiger partial charge in [-0.15, -0.1) is 0 Å². The molecule has 3 aromatic rings. The second-order valence-electron chi connectivity index (χ2n) is 4.50. The second kappa shape index (κ2) is 4.31. The number of benzene rings is 2. The summed E-state index contributed by atoms with van der Waals surface area (Å²) in [6, 6.07) is 11.9. The zero-order valence-electron chi connectivity index (χ0n) is 10.9. The van der Waals surface area contributed by atoms with E-state index < -0.39 is 0 Å². The van der Waals surface area contributed by atoms with Crippen molar-refractivity contribution < 1.29 is 4.74 Å². The van der Waals surface area contributed by atoms with E-state index in [1.165, 1.54) is 0 Å². The van der Waals surface area contributed by atoms with Crippen molar-refractivity contribution in [3.8, 4) is 16.9 Å². The molecule has 0 bridgehead atoms. The molecule has 0 fully saturated rings. The Kier molecular flexibility index (Phi) is 2.63. The van der Waals surface area contributed by atoms with Crippen molar-refractivity contribution in [2.24, 2.45) is 7.05 Å². The van der Waals surface area contributed by atoms with E-state index in [1.54, 1.807) is 7.11 Å². The molecule has 0 aliphatic heterocycles. The summed E-state index contributed by atoms with van der Waals surface area (Å²) in [7, 11) is 3.58. The van der Waals surface area contributed by atoms with E-state index in [1.807, 2.05) is 48.3 Å². The number of nitrogen functional groups attached to an aromatic ring is 1. The molecule has 1 heterocycles. The van der Waals surface area contributed by atoms with Crippen LogP contribution in [0.3, 0.4) is 0 Å². The molecule has 0 saturated carbocycles. The standard InChI is InChI=1S/C15H15N3O/c1-18-15-8-13(14(16)7-11(15)9-17-18)10-4-3-5-12(6-10)19-2/h3-9H,16H2,1-2H3. The van der Waals surface area contributed by atoms with E-state index in [0.29, 0.717) is 0 Å². The largest absolute Gasteiger partial charge is 0.497 e. The molecule has 1 aromatic heterocycles. The quantitative estimate of drug-likeness (QED) is 0.714. The molecule has 0 amide bonds. The Morgan fingerprint density at radius 1 is 1.21 bits per heavy atom. The molecule has 0 radical (unpaired) electrons. The Labute approximate surface area is 111 Å². The van der Waals surface area contributed by atoms with Crippen molar-refractivity contribution >= 4 is 16.6 Å². The molecule has 0 aliphatic rings. The van der Waals surface area contributed by atoms with Crippen LogP contribution in [0.25, 0.3) is 22.0 Å². The van der Waals surface area contributed by atoms with Gasteiger partial charge in [0.15, 0.2) is 0 Å². The van der Waals surface area contributed by atoms with Crippen LogP contribution in [0.15, 0.2) is 42.6 Å². The molecule has 0 saturated heterocycles. The molecular weight excluding hydrogens is 238 g/mol. The van der Waals surface area contributed by atoms with Crippen LogP contribution in [0.4, 0.5) is 5.69 Å². The lowest BCUT2D eigenvalue weighted by molar-refractivity contribution is 0.415. The van der Waals surface area contributed by atoms with Crippen molar-refractivity contribution in [2.45, 2.75) is 0 Å². The topological polar surface area (TPSA) is 53.1 Å². The third-order valence-corrected chi connectivity index (χ3v) is 3.30. The van der Waals surface area contributed by atoms with Gasteiger partial charge in [0, 0.05) is 23.7 Å². The van der Waals surface area contributed by atoms with Crippen molar-refractivity contribution in [3.63, 3.8) is 0 Å². The molecule has 0 atom stereocenters. The van der Waals surface area contributed by atoms with Gasteiger partial charge >= 0.3 is 0 Å². The molecule has 0 unspecified atom stereocenters. The van der Waals surface area contributed by atoms with Gasteiger partial charge in [0.25, 0.3) is 0 Å². The third-order valence-electron chi connectivity index (χ3n) is 3.30. The van der Waals surface area contributed by atoms with E-state index in [-0.39, 0.29) is 0 Å². The van der Waals surface area contributed by atoms with Crippen LogP contribution < -0.4 is 10.5 Å². The molecule has 0 aliphatic carbocycles. The molecule has 19 heavy (non-hydrogen) atoms. The van der Waals surface area contributed by atoms with Crippen LogP contribution in [0.1, 0.15) is 0 Å². The van der Waals surface area contributed by atoms with Gasteiger partial charge in [-0.3, -0.25) is 4.68 Å². The minimum Gasteiger partial charge on any atom is -0.497 e. The highest BCUT2D eigenvalue weighted by molar-refractivity contribution is 5.91. The first kappa shape index (κ1) is 11.6. The predicted molar refractivity (Wildman–Crippen MR) is 77.1 cm³/mol. The normalized spacial score (nSPS) is 10.8. The summed E-state index contributed by atoms with van der Waals surface area (Å²) in [6.45, 7) is 0. The number of aromatic nitrogens is 2. The van der Waals surface area contributed by atoms with Crippen molar-refractivity contribution in [1.82, 2.24) is 9.78 Å². The lowest BCUT2D eigenvalue weighted by atomic mass is 10.0. The average molecular weight is 253 g/mol. The van der Waals surface area contributed by atoms with Crippen molar-refractivity contribution in [1.29, 1.82) is 0 Å². The molecule has 0 spiro atoms. The van der Waals surface area contributed by atoms with Gasteiger partial charge in [-0.05, 0) is 29.8 Å². The van der Waals surface area contributed by atoms with Crippen LogP contribution in [0.5, 0.6) is 5.75 Å². The Bertz CT molecular complexity index is 746. The Hall–Kier alpha value is -2.49. The van der Waals surface area contributed by atoms with Crippen molar-refractivity contribution in [2.75, 3.05) is 12.8 Å². The number of rotatable bonds is 2. The zero-order chi connectivity index (χ0) is 13.4. The Morgan fingerprint density at radius 3 is 2.84 bits per heavy atom. The highest BCUT2D eigenvalue weighted by Crippen LogP contribution is 2.32. The van der Waals surface area contributed by atoms with Crippen LogP contribution in [-0.4, -0.2) is 16.9 Å². The lowest BCUT2D eigenvalue weighted by Gasteiger charge is -2.08. The van der Waals surface area contributed by atoms with Gasteiger partial charge in [-0.25, -0.2) is 0 Å². The van der Waals surface area contributed by atoms with Gasteiger partial charge in [-0.2, -0.15) is 5.10 Å². The number of hydrogen-bond acceptors (Lipinski definition) is 3. The second-order valence-corrected chi connectivity index (χ2v) is 4.50. The van der Waals surface area contributed by atoms with Gasteiger partial charge in [-0.1, -0.05) is 12.1 Å².